The molecule has 2 aromatic carbocycles. The Morgan fingerprint density at radius 2 is 1.93 bits per heavy atom. The lowest BCUT2D eigenvalue weighted by molar-refractivity contribution is -0.384. The molecule has 3 rings (SSSR count). The molecule has 0 aliphatic heterocycles. The van der Waals surface area contributed by atoms with Gasteiger partial charge in [0.25, 0.3) is 11.2 Å². The maximum absolute atomic E-state index is 12.5. The summed E-state index contributed by atoms with van der Waals surface area (Å²) in [6.07, 6.45) is 1.27. The van der Waals surface area contributed by atoms with Crippen LogP contribution in [0.1, 0.15) is 5.56 Å². The van der Waals surface area contributed by atoms with E-state index in [2.05, 4.69) is 10.3 Å². The Morgan fingerprint density at radius 1 is 1.21 bits per heavy atom. The Balaban J connectivity index is 1.71. The van der Waals surface area contributed by atoms with Crippen LogP contribution in [-0.4, -0.2) is 34.5 Å². The van der Waals surface area contributed by atoms with Crippen LogP contribution in [0.25, 0.3) is 10.9 Å². The zero-order valence-electron chi connectivity index (χ0n) is 15.5. The zero-order valence-corrected chi connectivity index (χ0v) is 15.5. The number of carbonyl (C=O) groups excluding carboxylic acids is 1. The summed E-state index contributed by atoms with van der Waals surface area (Å²) in [4.78, 5) is 41.1. The minimum atomic E-state index is -0.579. The van der Waals surface area contributed by atoms with Crippen molar-refractivity contribution in [2.24, 2.45) is 0 Å². The summed E-state index contributed by atoms with van der Waals surface area (Å²) in [5.41, 5.74) is 1.62. The van der Waals surface area contributed by atoms with Gasteiger partial charge in [-0.1, -0.05) is 12.1 Å². The number of fused-ring (bicyclic) bond motifs is 1. The molecule has 0 atom stereocenters. The summed E-state index contributed by atoms with van der Waals surface area (Å²) in [6.45, 7) is 0.105. The average molecular weight is 381 g/mol. The Morgan fingerprint density at radius 3 is 2.57 bits per heavy atom. The molecule has 144 valence electrons. The topological polar surface area (TPSA) is 110 Å². The predicted molar refractivity (Wildman–Crippen MR) is 105 cm³/mol. The van der Waals surface area contributed by atoms with Gasteiger partial charge in [-0.15, -0.1) is 0 Å². The van der Waals surface area contributed by atoms with Crippen molar-refractivity contribution in [3.05, 3.63) is 74.8 Å². The minimum Gasteiger partial charge on any atom is -0.378 e. The van der Waals surface area contributed by atoms with Crippen molar-refractivity contribution in [1.82, 2.24) is 14.9 Å². The van der Waals surface area contributed by atoms with Gasteiger partial charge in [0.15, 0.2) is 0 Å². The average Bonchev–Trinajstić information content (AvgIpc) is 2.68. The number of amides is 1. The zero-order chi connectivity index (χ0) is 20.3. The molecule has 1 heterocycles. The van der Waals surface area contributed by atoms with Crippen molar-refractivity contribution in [3.8, 4) is 0 Å². The van der Waals surface area contributed by atoms with Gasteiger partial charge >= 0.3 is 0 Å². The van der Waals surface area contributed by atoms with Crippen molar-refractivity contribution in [3.63, 3.8) is 0 Å². The summed E-state index contributed by atoms with van der Waals surface area (Å²) in [5.74, 6) is -0.356. The van der Waals surface area contributed by atoms with Crippen LogP contribution in [0.4, 0.5) is 11.4 Å². The first-order chi connectivity index (χ1) is 13.3. The quantitative estimate of drug-likeness (QED) is 0.514. The molecule has 9 heteroatoms. The number of nitrogens with zero attached hydrogens (tertiary/aromatic N) is 4. The monoisotopic (exact) mass is 381 g/mol. The fourth-order valence-corrected chi connectivity index (χ4v) is 2.70. The van der Waals surface area contributed by atoms with E-state index in [1.165, 1.54) is 24.5 Å². The number of benzene rings is 2. The summed E-state index contributed by atoms with van der Waals surface area (Å²) < 4.78 is 1.14. The van der Waals surface area contributed by atoms with Crippen LogP contribution in [-0.2, 0) is 17.9 Å². The highest BCUT2D eigenvalue weighted by molar-refractivity contribution is 5.80. The number of hydrogen-bond donors (Lipinski definition) is 1. The number of nitro groups is 1. The highest BCUT2D eigenvalue weighted by atomic mass is 16.6. The van der Waals surface area contributed by atoms with Gasteiger partial charge in [-0.25, -0.2) is 4.98 Å². The molecule has 0 bridgehead atoms. The Hall–Kier alpha value is -3.75. The summed E-state index contributed by atoms with van der Waals surface area (Å²) in [7, 11) is 3.89. The molecule has 3 aromatic rings. The Labute approximate surface area is 160 Å². The van der Waals surface area contributed by atoms with E-state index in [1.54, 1.807) is 0 Å². The first-order valence-corrected chi connectivity index (χ1v) is 8.51. The first kappa shape index (κ1) is 19.0. The Bertz CT molecular complexity index is 1090. The van der Waals surface area contributed by atoms with Crippen LogP contribution in [0.3, 0.4) is 0 Å². The van der Waals surface area contributed by atoms with Gasteiger partial charge in [0, 0.05) is 38.5 Å². The van der Waals surface area contributed by atoms with Gasteiger partial charge in [-0.2, -0.15) is 0 Å². The minimum absolute atomic E-state index is 0.101. The van der Waals surface area contributed by atoms with Crippen LogP contribution in [0, 0.1) is 10.1 Å². The summed E-state index contributed by atoms with van der Waals surface area (Å²) in [6, 6.07) is 11.6. The molecule has 0 aliphatic rings. The van der Waals surface area contributed by atoms with E-state index in [1.807, 2.05) is 43.3 Å². The van der Waals surface area contributed by atoms with Crippen LogP contribution < -0.4 is 15.8 Å². The predicted octanol–water partition coefficient (Wildman–Crippen LogP) is 1.69. The third-order valence-electron chi connectivity index (χ3n) is 4.27. The van der Waals surface area contributed by atoms with E-state index in [4.69, 9.17) is 0 Å². The molecule has 0 spiro atoms. The van der Waals surface area contributed by atoms with Crippen LogP contribution in [0.15, 0.2) is 53.6 Å². The number of aromatic nitrogens is 2. The summed E-state index contributed by atoms with van der Waals surface area (Å²) >= 11 is 0. The SMILES string of the molecule is CN(C)c1ccc(CNC(=O)Cn2cnc3ccc([N+](=O)[O-])cc3c2=O)cc1. The molecule has 1 aromatic heterocycles. The van der Waals surface area contributed by atoms with Crippen LogP contribution in [0.5, 0.6) is 0 Å². The molecule has 0 saturated heterocycles. The van der Waals surface area contributed by atoms with Crippen molar-refractivity contribution < 1.29 is 9.72 Å². The number of anilines is 1. The third-order valence-corrected chi connectivity index (χ3v) is 4.27. The van der Waals surface area contributed by atoms with E-state index < -0.39 is 10.5 Å². The van der Waals surface area contributed by atoms with E-state index in [0.717, 1.165) is 15.8 Å². The van der Waals surface area contributed by atoms with E-state index in [-0.39, 0.29) is 23.5 Å². The van der Waals surface area contributed by atoms with E-state index in [0.29, 0.717) is 12.1 Å². The van der Waals surface area contributed by atoms with Crippen LogP contribution >= 0.6 is 0 Å². The second-order valence-corrected chi connectivity index (χ2v) is 6.47. The van der Waals surface area contributed by atoms with Gasteiger partial charge in [-0.3, -0.25) is 24.3 Å². The molecule has 0 aliphatic carbocycles. The molecule has 1 N–H and O–H groups in total. The maximum Gasteiger partial charge on any atom is 0.270 e. The largest absolute Gasteiger partial charge is 0.378 e. The molecule has 0 radical (unpaired) electrons. The van der Waals surface area contributed by atoms with Gasteiger partial charge in [-0.05, 0) is 23.8 Å². The molecule has 0 unspecified atom stereocenters. The molecular formula is C19H19N5O4. The number of carbonyl (C=O) groups is 1. The molecule has 28 heavy (non-hydrogen) atoms. The van der Waals surface area contributed by atoms with Crippen molar-refractivity contribution in [2.75, 3.05) is 19.0 Å². The highest BCUT2D eigenvalue weighted by Gasteiger charge is 2.12. The van der Waals surface area contributed by atoms with Gasteiger partial charge < -0.3 is 10.2 Å². The summed E-state index contributed by atoms with van der Waals surface area (Å²) in [5, 5.41) is 13.8. The second-order valence-electron chi connectivity index (χ2n) is 6.47. The highest BCUT2D eigenvalue weighted by Crippen LogP contribution is 2.16. The van der Waals surface area contributed by atoms with Gasteiger partial charge in [0.1, 0.15) is 6.54 Å². The fraction of sp³-hybridized carbons (Fsp3) is 0.211. The number of nitro benzene ring substituents is 1. The maximum atomic E-state index is 12.5. The molecule has 0 saturated carbocycles. The molecule has 9 nitrogen and oxygen atoms in total. The number of rotatable bonds is 6. The number of nitrogens with one attached hydrogen (secondary N) is 1. The van der Waals surface area contributed by atoms with E-state index in [9.17, 15) is 19.7 Å². The van der Waals surface area contributed by atoms with Crippen molar-refractivity contribution in [1.29, 1.82) is 0 Å². The molecule has 1 amide bonds. The lowest BCUT2D eigenvalue weighted by atomic mass is 10.2. The lowest BCUT2D eigenvalue weighted by Gasteiger charge is -2.13. The second kappa shape index (κ2) is 7.87. The standard InChI is InChI=1S/C19H19N5O4/c1-22(2)14-5-3-13(4-6-14)10-20-18(25)11-23-12-21-17-8-7-15(24(27)28)9-16(17)19(23)26/h3-9,12H,10-11H2,1-2H3,(H,20,25). The van der Waals surface area contributed by atoms with Gasteiger partial charge in [0.05, 0.1) is 22.2 Å². The lowest BCUT2D eigenvalue weighted by Crippen LogP contribution is -2.32. The molecular weight excluding hydrogens is 362 g/mol. The van der Waals surface area contributed by atoms with Gasteiger partial charge in [0.2, 0.25) is 5.91 Å². The number of non-ortho nitro benzene ring substituents is 1. The molecule has 0 fully saturated rings. The van der Waals surface area contributed by atoms with Crippen molar-refractivity contribution in [2.45, 2.75) is 13.1 Å². The smallest absolute Gasteiger partial charge is 0.270 e. The number of hydrogen-bond acceptors (Lipinski definition) is 6. The fourth-order valence-electron chi connectivity index (χ4n) is 2.70. The van der Waals surface area contributed by atoms with Crippen molar-refractivity contribution >= 4 is 28.2 Å². The first-order valence-electron chi connectivity index (χ1n) is 8.51. The Kier molecular flexibility index (Phi) is 5.35. The normalized spacial score (nSPS) is 10.6. The van der Waals surface area contributed by atoms with E-state index >= 15 is 0 Å². The van der Waals surface area contributed by atoms with Crippen LogP contribution in [0.2, 0.25) is 0 Å². The third kappa shape index (κ3) is 4.14.